The van der Waals surface area contributed by atoms with Crippen molar-refractivity contribution in [3.8, 4) is 11.5 Å². The first-order valence-electron chi connectivity index (χ1n) is 41.0. The van der Waals surface area contributed by atoms with Gasteiger partial charge >= 0.3 is 36.2 Å². The number of alkyl carbamates (subject to hydrolysis) is 2. The maximum absolute atomic E-state index is 14.5. The lowest BCUT2D eigenvalue weighted by Crippen LogP contribution is -2.63. The van der Waals surface area contributed by atoms with Crippen molar-refractivity contribution < 1.29 is 123 Å². The van der Waals surface area contributed by atoms with Crippen LogP contribution in [0.1, 0.15) is 169 Å². The average molecular weight is 1760 g/mol. The van der Waals surface area contributed by atoms with E-state index in [0.717, 1.165) is 22.3 Å². The number of nitrogens with one attached hydrogen (secondary N) is 5. The van der Waals surface area contributed by atoms with Crippen molar-refractivity contribution in [3.05, 3.63) is 93.0 Å². The lowest BCUT2D eigenvalue weighted by Gasteiger charge is -2.42. The molecule has 37 heteroatoms. The fourth-order valence-corrected chi connectivity index (χ4v) is 16.4. The lowest BCUT2D eigenvalue weighted by atomic mass is 9.83. The van der Waals surface area contributed by atoms with E-state index in [1.807, 2.05) is 31.3 Å². The monoisotopic (exact) mass is 1760 g/mol. The topological polar surface area (TPSA) is 400 Å². The third-order valence-corrected chi connectivity index (χ3v) is 24.6. The fraction of sp³-hybridized carbons (Fsp3) is 0.635. The molecule has 7 N–H and O–H groups in total. The first kappa shape index (κ1) is 98.3. The molecule has 0 radical (unpaired) electrons. The Bertz CT molecular complexity index is 4040. The highest BCUT2D eigenvalue weighted by Gasteiger charge is 2.66. The number of carbonyl (C=O) groups excluding carboxylic acids is 11. The summed E-state index contributed by atoms with van der Waals surface area (Å²) < 4.78 is 99.5. The van der Waals surface area contributed by atoms with Crippen molar-refractivity contribution in [1.29, 1.82) is 0 Å². The molecule has 0 saturated carbocycles. The zero-order valence-corrected chi connectivity index (χ0v) is 73.6. The summed E-state index contributed by atoms with van der Waals surface area (Å²) in [6.07, 6.45) is -4.40. The quantitative estimate of drug-likeness (QED) is 0.0173. The number of ether oxygens (including phenoxy) is 10. The number of methoxy groups -OCH3 is 4. The van der Waals surface area contributed by atoms with Gasteiger partial charge < -0.3 is 93.1 Å². The molecule has 4 fully saturated rings. The molecule has 6 aliphatic rings. The number of anilines is 2. The Kier molecular flexibility index (Phi) is 34.3. The van der Waals surface area contributed by atoms with Gasteiger partial charge in [0.05, 0.1) is 50.6 Å². The largest absolute Gasteiger partial charge is 0.495 e. The summed E-state index contributed by atoms with van der Waals surface area (Å²) in [7, 11) is 11.5. The first-order chi connectivity index (χ1) is 57.3. The minimum Gasteiger partial charge on any atom is -0.495 e. The second-order valence-electron chi connectivity index (χ2n) is 32.9. The molecule has 8 bridgehead atoms. The number of epoxide rings is 2. The zero-order chi connectivity index (χ0) is 90.3. The molecule has 676 valence electrons. The van der Waals surface area contributed by atoms with Gasteiger partial charge in [0.1, 0.15) is 81.5 Å². The number of amides is 9. The molecule has 6 aliphatic heterocycles. The van der Waals surface area contributed by atoms with Gasteiger partial charge in [-0.3, -0.25) is 44.2 Å². The van der Waals surface area contributed by atoms with Crippen molar-refractivity contribution in [3.63, 3.8) is 0 Å². The number of unbranched alkanes of at least 4 members (excludes halogenated alkanes) is 4. The number of aliphatic hydroxyl groups is 2. The molecule has 0 aliphatic carbocycles. The molecule has 122 heavy (non-hydrogen) atoms. The molecule has 6 heterocycles. The zero-order valence-electron chi connectivity index (χ0n) is 72.1. The number of allylic oxidation sites excluding steroid dienone is 6. The van der Waals surface area contributed by atoms with Gasteiger partial charge in [-0.05, 0) is 128 Å². The molecule has 4 unspecified atom stereocenters. The second kappa shape index (κ2) is 42.5. The highest BCUT2D eigenvalue weighted by atomic mass is 35.5. The van der Waals surface area contributed by atoms with Crippen LogP contribution in [-0.4, -0.2) is 251 Å². The fourth-order valence-electron chi connectivity index (χ4n) is 15.7. The molecular weight excluding hydrogens is 1640 g/mol. The standard InChI is InChI=1S/C85H118Cl2F3N9O23/c1-47-25-23-27-62(115-15)83(111)45-60(117-79(109)94-83)49(3)74-81(7,121-74)64(43-70(104)98(11)56-39-53(37-47)41-58(113-13)72(56)86)119-76(106)51(5)96(9)68(102)29-19-17-21-35-91-66(100)33-31-55(93-78(108)85(88,89)90)32-34-67(101)92-36-22-18-20-30-69(103)97(10)52(6)77(107)120-65-44-71(105)99(12)57-40-54(42-59(114-14)73(57)87)38-48(2)26-24-28-63(116-16)84(112)46-61(118-80(110)95-84)50(4)75-82(65,8)122-75/h23-28,39-42,49-52,55,60-65,74-75,111-112H,17-22,29-38,43-46H2,1-16H3,(H,91,100)(H,92,101)(H,93,108)(H,94,109)(H,95,110)/b27-23+,28-24+,47-25+,48-26+/t49-,50-,51+,52+,55?,60?,61?,62-,63-,64+,65+,74?,75?,81+,82+,83+,84+/m1/s1. The van der Waals surface area contributed by atoms with Crippen LogP contribution < -0.4 is 45.9 Å². The van der Waals surface area contributed by atoms with Crippen LogP contribution in [0.3, 0.4) is 0 Å². The second-order valence-corrected chi connectivity index (χ2v) is 33.6. The number of likely N-dealkylation sites (N-methyl/N-ethyl adjacent to an activating group) is 2. The van der Waals surface area contributed by atoms with Crippen LogP contribution >= 0.6 is 23.2 Å². The summed E-state index contributed by atoms with van der Waals surface area (Å²) in [4.78, 5) is 154. The molecular formula is C85H118Cl2F3N9O23. The number of carbonyl (C=O) groups is 11. The molecule has 16 atom stereocenters. The number of alkyl halides is 3. The third-order valence-electron chi connectivity index (χ3n) is 23.9. The van der Waals surface area contributed by atoms with Crippen LogP contribution in [0.15, 0.2) is 71.9 Å². The summed E-state index contributed by atoms with van der Waals surface area (Å²) in [5.41, 5.74) is -2.80. The first-order valence-corrected chi connectivity index (χ1v) is 41.7. The Morgan fingerprint density at radius 1 is 0.607 bits per heavy atom. The Morgan fingerprint density at radius 3 is 1.34 bits per heavy atom. The normalized spacial score (nSPS) is 29.0. The number of hydrogen-bond acceptors (Lipinski definition) is 23. The highest BCUT2D eigenvalue weighted by Crippen LogP contribution is 2.52. The van der Waals surface area contributed by atoms with Gasteiger partial charge in [0.25, 0.3) is 0 Å². The molecule has 0 aromatic heterocycles. The van der Waals surface area contributed by atoms with Crippen LogP contribution in [0, 0.1) is 11.8 Å². The van der Waals surface area contributed by atoms with E-state index in [1.54, 1.807) is 76.3 Å². The maximum atomic E-state index is 14.5. The van der Waals surface area contributed by atoms with E-state index in [9.17, 15) is 76.1 Å². The molecule has 4 saturated heterocycles. The summed E-state index contributed by atoms with van der Waals surface area (Å²) in [6.45, 7) is 13.7. The lowest BCUT2D eigenvalue weighted by molar-refractivity contribution is -0.174. The van der Waals surface area contributed by atoms with E-state index < -0.39 is 186 Å². The predicted octanol–water partition coefficient (Wildman–Crippen LogP) is 9.00. The van der Waals surface area contributed by atoms with Crippen molar-refractivity contribution in [2.45, 2.75) is 267 Å². The number of fused-ring (bicyclic) bond motifs is 10. The van der Waals surface area contributed by atoms with Crippen LogP contribution in [0.4, 0.5) is 34.1 Å². The number of nitrogens with zero attached hydrogens (tertiary/aromatic N) is 4. The molecule has 32 nitrogen and oxygen atoms in total. The number of esters is 2. The molecule has 2 aromatic rings. The Hall–Kier alpha value is -9.10. The molecule has 0 spiro atoms. The Labute approximate surface area is 719 Å². The summed E-state index contributed by atoms with van der Waals surface area (Å²) >= 11 is 13.7. The Balaban J connectivity index is 0.776. The minimum absolute atomic E-state index is 0.0333. The predicted molar refractivity (Wildman–Crippen MR) is 441 cm³/mol. The van der Waals surface area contributed by atoms with E-state index in [1.165, 1.54) is 90.1 Å². The van der Waals surface area contributed by atoms with Crippen LogP contribution in [-0.2, 0) is 93.9 Å². The minimum atomic E-state index is -5.26. The summed E-state index contributed by atoms with van der Waals surface area (Å²) in [6, 6.07) is 3.35. The van der Waals surface area contributed by atoms with E-state index >= 15 is 0 Å². The Morgan fingerprint density at radius 2 is 0.984 bits per heavy atom. The van der Waals surface area contributed by atoms with Gasteiger partial charge in [0, 0.05) is 112 Å². The molecule has 2 aromatic carbocycles. The van der Waals surface area contributed by atoms with Gasteiger partial charge in [-0.15, -0.1) is 0 Å². The number of benzene rings is 2. The molecule has 8 rings (SSSR count). The average Bonchev–Trinajstić information content (AvgIpc) is 1.57. The van der Waals surface area contributed by atoms with E-state index in [4.69, 9.17) is 70.6 Å². The summed E-state index contributed by atoms with van der Waals surface area (Å²) in [5, 5.41) is 36.4. The molecule has 9 amide bonds. The van der Waals surface area contributed by atoms with Gasteiger partial charge in [0.2, 0.25) is 35.4 Å². The van der Waals surface area contributed by atoms with Crippen molar-refractivity contribution >= 4 is 100 Å². The third kappa shape index (κ3) is 25.1. The van der Waals surface area contributed by atoms with Gasteiger partial charge in [0.15, 0.2) is 11.4 Å². The smallest absolute Gasteiger partial charge is 0.471 e. The van der Waals surface area contributed by atoms with Crippen molar-refractivity contribution in [2.24, 2.45) is 11.8 Å². The van der Waals surface area contributed by atoms with Crippen molar-refractivity contribution in [2.75, 3.05) is 79.5 Å². The number of hydrogen-bond donors (Lipinski definition) is 7. The van der Waals surface area contributed by atoms with Gasteiger partial charge in [-0.25, -0.2) is 19.2 Å². The highest BCUT2D eigenvalue weighted by molar-refractivity contribution is 6.36. The number of halogens is 5. The van der Waals surface area contributed by atoms with Crippen LogP contribution in [0.25, 0.3) is 0 Å². The van der Waals surface area contributed by atoms with Gasteiger partial charge in [-0.2, -0.15) is 13.2 Å². The van der Waals surface area contributed by atoms with E-state index in [-0.39, 0.29) is 74.5 Å². The van der Waals surface area contributed by atoms with Crippen LogP contribution in [0.5, 0.6) is 11.5 Å². The van der Waals surface area contributed by atoms with Crippen LogP contribution in [0.2, 0.25) is 10.0 Å². The summed E-state index contributed by atoms with van der Waals surface area (Å²) in [5.74, 6) is -7.74. The number of rotatable bonds is 29. The van der Waals surface area contributed by atoms with Crippen molar-refractivity contribution in [1.82, 2.24) is 36.4 Å². The van der Waals surface area contributed by atoms with E-state index in [2.05, 4.69) is 21.3 Å². The SMILES string of the molecule is COc1cc2cc(c1Cl)N(C)C(=O)C[C@H](OC(=O)[C@H](C)N(C)C(=O)CCCCCNC(=O)CCC(CCC(=O)NCCCCCC(=O)N(C)[C@@H](C)C(=O)O[C@H]1CC(=O)N(C)c3cc(cc(OC)c3Cl)C/C(C)=C/C=C/[C@@H](OC)[C@@]3(O)CC(OC(=O)N3)[C@@H](C)C3O[C@]31C)NC(=O)C(F)(F)F)[C@]1(C)OC1[C@H](C)C1C[C@@](O)(NC(=O)O1)[C@H](OC)/C=C/C=C(\C)C2. The van der Waals surface area contributed by atoms with Gasteiger partial charge in [-0.1, -0.05) is 97.5 Å². The maximum Gasteiger partial charge on any atom is 0.471 e. The van der Waals surface area contributed by atoms with E-state index in [0.29, 0.717) is 74.2 Å².